The molecule has 1 atom stereocenters. The van der Waals surface area contributed by atoms with E-state index in [9.17, 15) is 4.79 Å². The lowest BCUT2D eigenvalue weighted by Crippen LogP contribution is -2.25. The largest absolute Gasteiger partial charge is 0.334 e. The molecule has 2 heterocycles. The highest BCUT2D eigenvalue weighted by molar-refractivity contribution is 5.97. The van der Waals surface area contributed by atoms with E-state index in [0.29, 0.717) is 24.7 Å². The second-order valence-electron chi connectivity index (χ2n) is 6.95. The van der Waals surface area contributed by atoms with Gasteiger partial charge in [0.2, 0.25) is 5.91 Å². The Bertz CT molecular complexity index is 977. The molecule has 1 aliphatic rings. The fourth-order valence-corrected chi connectivity index (χ4v) is 3.44. The number of carbonyl (C=O) groups excluding carboxylic acids is 1. The van der Waals surface area contributed by atoms with E-state index in [0.717, 1.165) is 22.4 Å². The second-order valence-corrected chi connectivity index (χ2v) is 6.95. The third-order valence-electron chi connectivity index (χ3n) is 5.06. The molecular weight excluding hydrogens is 326 g/mol. The fourth-order valence-electron chi connectivity index (χ4n) is 3.44. The van der Waals surface area contributed by atoms with Crippen LogP contribution in [0.3, 0.4) is 0 Å². The Kier molecular flexibility index (Phi) is 4.07. The maximum atomic E-state index is 12.6. The second kappa shape index (κ2) is 6.41. The predicted molar refractivity (Wildman–Crippen MR) is 100 cm³/mol. The monoisotopic (exact) mass is 347 g/mol. The highest BCUT2D eigenvalue weighted by Gasteiger charge is 2.35. The normalized spacial score (nSPS) is 17.1. The molecule has 0 radical (unpaired) electrons. The van der Waals surface area contributed by atoms with Gasteiger partial charge in [0.15, 0.2) is 5.82 Å². The lowest BCUT2D eigenvalue weighted by molar-refractivity contribution is -0.117. The smallest absolute Gasteiger partial charge is 0.257 e. The minimum atomic E-state index is -0.0512. The molecule has 3 aromatic rings. The van der Waals surface area contributed by atoms with Crippen molar-refractivity contribution in [3.05, 3.63) is 65.0 Å². The van der Waals surface area contributed by atoms with Gasteiger partial charge in [-0.2, -0.15) is 4.98 Å². The summed E-state index contributed by atoms with van der Waals surface area (Å²) in [6, 6.07) is 14.0. The zero-order valence-electron chi connectivity index (χ0n) is 15.2. The zero-order chi connectivity index (χ0) is 18.3. The number of anilines is 1. The SMILES string of the molecule is Cc1cccc(-c2nc(C3CC(=O)N(c4cccc(C)c4C)C3)no2)c1. The summed E-state index contributed by atoms with van der Waals surface area (Å²) in [6.07, 6.45) is 0.403. The molecule has 1 fully saturated rings. The average Bonchev–Trinajstić information content (AvgIpc) is 3.24. The summed E-state index contributed by atoms with van der Waals surface area (Å²) < 4.78 is 5.45. The van der Waals surface area contributed by atoms with Crippen molar-refractivity contribution in [3.63, 3.8) is 0 Å². The van der Waals surface area contributed by atoms with E-state index in [2.05, 4.69) is 30.1 Å². The predicted octanol–water partition coefficient (Wildman–Crippen LogP) is 4.18. The molecule has 0 N–H and O–H groups in total. The quantitative estimate of drug-likeness (QED) is 0.713. The van der Waals surface area contributed by atoms with Crippen LogP contribution in [-0.2, 0) is 4.79 Å². The van der Waals surface area contributed by atoms with E-state index < -0.39 is 0 Å². The molecule has 1 aliphatic heterocycles. The molecule has 132 valence electrons. The van der Waals surface area contributed by atoms with Crippen LogP contribution in [0, 0.1) is 20.8 Å². The Morgan fingerprint density at radius 2 is 1.92 bits per heavy atom. The van der Waals surface area contributed by atoms with Crippen molar-refractivity contribution in [3.8, 4) is 11.5 Å². The van der Waals surface area contributed by atoms with Gasteiger partial charge in [0, 0.05) is 30.1 Å². The number of benzene rings is 2. The Balaban J connectivity index is 1.59. The van der Waals surface area contributed by atoms with E-state index in [1.165, 1.54) is 5.56 Å². The van der Waals surface area contributed by atoms with Crippen molar-refractivity contribution in [1.82, 2.24) is 10.1 Å². The molecule has 26 heavy (non-hydrogen) atoms. The van der Waals surface area contributed by atoms with Gasteiger partial charge in [0.05, 0.1) is 0 Å². The highest BCUT2D eigenvalue weighted by atomic mass is 16.5. The molecule has 0 bridgehead atoms. The minimum Gasteiger partial charge on any atom is -0.334 e. The van der Waals surface area contributed by atoms with Crippen LogP contribution >= 0.6 is 0 Å². The van der Waals surface area contributed by atoms with Gasteiger partial charge in [0.1, 0.15) is 0 Å². The van der Waals surface area contributed by atoms with Crippen LogP contribution in [0.4, 0.5) is 5.69 Å². The number of nitrogens with zero attached hydrogens (tertiary/aromatic N) is 3. The maximum Gasteiger partial charge on any atom is 0.257 e. The van der Waals surface area contributed by atoms with Gasteiger partial charge < -0.3 is 9.42 Å². The third kappa shape index (κ3) is 2.90. The molecule has 5 nitrogen and oxygen atoms in total. The first kappa shape index (κ1) is 16.5. The van der Waals surface area contributed by atoms with E-state index in [1.807, 2.05) is 48.2 Å². The number of amides is 1. The fraction of sp³-hybridized carbons (Fsp3) is 0.286. The van der Waals surface area contributed by atoms with Crippen LogP contribution in [0.5, 0.6) is 0 Å². The first-order valence-corrected chi connectivity index (χ1v) is 8.80. The van der Waals surface area contributed by atoms with Gasteiger partial charge in [-0.25, -0.2) is 0 Å². The molecule has 0 spiro atoms. The van der Waals surface area contributed by atoms with Crippen molar-refractivity contribution in [2.75, 3.05) is 11.4 Å². The Morgan fingerprint density at radius 1 is 1.12 bits per heavy atom. The van der Waals surface area contributed by atoms with Crippen LogP contribution in [0.25, 0.3) is 11.5 Å². The molecule has 5 heteroatoms. The van der Waals surface area contributed by atoms with Crippen LogP contribution in [0.1, 0.15) is 34.9 Å². The maximum absolute atomic E-state index is 12.6. The van der Waals surface area contributed by atoms with Crippen LogP contribution in [0.2, 0.25) is 0 Å². The first-order chi connectivity index (χ1) is 12.5. The summed E-state index contributed by atoms with van der Waals surface area (Å²) in [7, 11) is 0. The summed E-state index contributed by atoms with van der Waals surface area (Å²) in [5.41, 5.74) is 5.33. The van der Waals surface area contributed by atoms with Gasteiger partial charge >= 0.3 is 0 Å². The number of aryl methyl sites for hydroxylation is 2. The summed E-state index contributed by atoms with van der Waals surface area (Å²) >= 11 is 0. The van der Waals surface area contributed by atoms with Crippen LogP contribution < -0.4 is 4.90 Å². The van der Waals surface area contributed by atoms with Gasteiger partial charge in [-0.15, -0.1) is 0 Å². The van der Waals surface area contributed by atoms with E-state index in [-0.39, 0.29) is 11.8 Å². The third-order valence-corrected chi connectivity index (χ3v) is 5.06. The molecular formula is C21H21N3O2. The van der Waals surface area contributed by atoms with E-state index in [1.54, 1.807) is 0 Å². The lowest BCUT2D eigenvalue weighted by Gasteiger charge is -2.19. The molecule has 1 amide bonds. The number of rotatable bonds is 3. The molecule has 1 unspecified atom stereocenters. The Hall–Kier alpha value is -2.95. The topological polar surface area (TPSA) is 59.2 Å². The number of hydrogen-bond donors (Lipinski definition) is 0. The zero-order valence-corrected chi connectivity index (χ0v) is 15.2. The van der Waals surface area contributed by atoms with Crippen molar-refractivity contribution < 1.29 is 9.32 Å². The standard InChI is InChI=1S/C21H21N3O2/c1-13-6-4-8-16(10-13)21-22-20(23-26-21)17-11-19(25)24(12-17)18-9-5-7-14(2)15(18)3/h4-10,17H,11-12H2,1-3H3. The number of hydrogen-bond acceptors (Lipinski definition) is 4. The molecule has 1 aromatic heterocycles. The number of carbonyl (C=O) groups is 1. The lowest BCUT2D eigenvalue weighted by atomic mass is 10.1. The van der Waals surface area contributed by atoms with Crippen molar-refractivity contribution in [2.24, 2.45) is 0 Å². The average molecular weight is 347 g/mol. The molecule has 2 aromatic carbocycles. The van der Waals surface area contributed by atoms with Crippen LogP contribution in [0.15, 0.2) is 47.0 Å². The molecule has 4 rings (SSSR count). The van der Waals surface area contributed by atoms with Gasteiger partial charge in [-0.3, -0.25) is 4.79 Å². The summed E-state index contributed by atoms with van der Waals surface area (Å²) in [6.45, 7) is 6.72. The summed E-state index contributed by atoms with van der Waals surface area (Å²) in [5, 5.41) is 4.14. The van der Waals surface area contributed by atoms with E-state index >= 15 is 0 Å². The minimum absolute atomic E-state index is 0.0512. The first-order valence-electron chi connectivity index (χ1n) is 8.80. The Morgan fingerprint density at radius 3 is 2.73 bits per heavy atom. The van der Waals surface area contributed by atoms with Crippen LogP contribution in [-0.4, -0.2) is 22.6 Å². The highest BCUT2D eigenvalue weighted by Crippen LogP contribution is 2.33. The van der Waals surface area contributed by atoms with Gasteiger partial charge in [-0.05, 0) is 50.1 Å². The van der Waals surface area contributed by atoms with E-state index in [4.69, 9.17) is 4.52 Å². The Labute approximate surface area is 152 Å². The van der Waals surface area contributed by atoms with Crippen molar-refractivity contribution in [2.45, 2.75) is 33.1 Å². The van der Waals surface area contributed by atoms with Crippen molar-refractivity contribution >= 4 is 11.6 Å². The summed E-state index contributed by atoms with van der Waals surface area (Å²) in [4.78, 5) is 19.0. The molecule has 1 saturated heterocycles. The molecule has 0 saturated carbocycles. The summed E-state index contributed by atoms with van der Waals surface area (Å²) in [5.74, 6) is 1.15. The van der Waals surface area contributed by atoms with Gasteiger partial charge in [-0.1, -0.05) is 35.0 Å². The number of aromatic nitrogens is 2. The van der Waals surface area contributed by atoms with Crippen molar-refractivity contribution in [1.29, 1.82) is 0 Å². The molecule has 0 aliphatic carbocycles. The van der Waals surface area contributed by atoms with Gasteiger partial charge in [0.25, 0.3) is 5.89 Å².